The largest absolute Gasteiger partial charge is 0.326 e. The lowest BCUT2D eigenvalue weighted by Gasteiger charge is -2.05. The van der Waals surface area contributed by atoms with Crippen molar-refractivity contribution in [2.24, 2.45) is 17.3 Å². The maximum Gasteiger partial charge on any atom is 0.228 e. The summed E-state index contributed by atoms with van der Waals surface area (Å²) >= 11 is 0. The Balaban J connectivity index is 2.05. The third kappa shape index (κ3) is 2.86. The first-order valence-electron chi connectivity index (χ1n) is 6.54. The quantitative estimate of drug-likeness (QED) is 0.819. The highest BCUT2D eigenvalue weighted by molar-refractivity contribution is 5.95. The van der Waals surface area contributed by atoms with Gasteiger partial charge in [-0.1, -0.05) is 25.5 Å². The van der Waals surface area contributed by atoms with Gasteiger partial charge in [0.15, 0.2) is 0 Å². The van der Waals surface area contributed by atoms with E-state index in [0.717, 1.165) is 0 Å². The summed E-state index contributed by atoms with van der Waals surface area (Å²) in [7, 11) is 0. The van der Waals surface area contributed by atoms with Gasteiger partial charge in [-0.05, 0) is 49.4 Å². The van der Waals surface area contributed by atoms with E-state index in [0.29, 0.717) is 5.69 Å². The van der Waals surface area contributed by atoms with Crippen molar-refractivity contribution in [2.45, 2.75) is 27.7 Å². The number of rotatable bonds is 3. The van der Waals surface area contributed by atoms with Crippen molar-refractivity contribution in [1.82, 2.24) is 0 Å². The molecule has 3 heteroatoms. The molecule has 0 saturated heterocycles. The number of amides is 1. The van der Waals surface area contributed by atoms with E-state index in [1.165, 1.54) is 17.7 Å². The fourth-order valence-electron chi connectivity index (χ4n) is 2.60. The maximum absolute atomic E-state index is 12.8. The Morgan fingerprint density at radius 2 is 1.84 bits per heavy atom. The molecule has 0 radical (unpaired) electrons. The average molecular weight is 261 g/mol. The minimum atomic E-state index is -0.299. The summed E-state index contributed by atoms with van der Waals surface area (Å²) in [5.74, 6) is -0.00308. The van der Waals surface area contributed by atoms with E-state index in [9.17, 15) is 9.18 Å². The number of nitrogens with one attached hydrogen (secondary N) is 1. The molecule has 102 valence electrons. The number of hydrogen-bond donors (Lipinski definition) is 1. The van der Waals surface area contributed by atoms with Crippen LogP contribution in [0.4, 0.5) is 10.1 Å². The molecule has 1 aromatic carbocycles. The number of carbonyl (C=O) groups excluding carboxylic acids is 1. The Hall–Kier alpha value is -1.64. The molecular formula is C16H20FNO. The lowest BCUT2D eigenvalue weighted by molar-refractivity contribution is -0.118. The molecule has 2 nitrogen and oxygen atoms in total. The number of hydrogen-bond acceptors (Lipinski definition) is 1. The van der Waals surface area contributed by atoms with Crippen molar-refractivity contribution in [3.8, 4) is 0 Å². The molecule has 0 unspecified atom stereocenters. The molecule has 1 aliphatic rings. The van der Waals surface area contributed by atoms with E-state index in [2.05, 4.69) is 25.2 Å². The van der Waals surface area contributed by atoms with Gasteiger partial charge in [-0.2, -0.15) is 0 Å². The van der Waals surface area contributed by atoms with Crippen LogP contribution in [0.5, 0.6) is 0 Å². The van der Waals surface area contributed by atoms with Gasteiger partial charge in [0.05, 0.1) is 5.92 Å². The van der Waals surface area contributed by atoms with E-state index >= 15 is 0 Å². The molecule has 0 aliphatic heterocycles. The Morgan fingerprint density at radius 3 is 2.37 bits per heavy atom. The standard InChI is InChI=1S/C16H20FNO/c1-10(2)9-13-14(16(13,3)4)15(19)18-12-7-5-11(17)6-8-12/h5-9,13-14H,1-4H3,(H,18,19)/t13-,14-/m1/s1. The second-order valence-corrected chi connectivity index (χ2v) is 6.06. The summed E-state index contributed by atoms with van der Waals surface area (Å²) in [6, 6.07) is 5.86. The zero-order valence-corrected chi connectivity index (χ0v) is 11.8. The predicted molar refractivity (Wildman–Crippen MR) is 75.2 cm³/mol. The van der Waals surface area contributed by atoms with Gasteiger partial charge < -0.3 is 5.32 Å². The highest BCUT2D eigenvalue weighted by Gasteiger charge is 2.60. The van der Waals surface area contributed by atoms with Crippen molar-refractivity contribution < 1.29 is 9.18 Å². The molecule has 0 aromatic heterocycles. The van der Waals surface area contributed by atoms with E-state index < -0.39 is 0 Å². The first-order chi connectivity index (χ1) is 8.82. The van der Waals surface area contributed by atoms with Gasteiger partial charge in [0, 0.05) is 5.69 Å². The zero-order chi connectivity index (χ0) is 14.2. The third-order valence-corrected chi connectivity index (χ3v) is 3.82. The molecule has 2 rings (SSSR count). The molecule has 0 bridgehead atoms. The minimum absolute atomic E-state index is 0.00137. The van der Waals surface area contributed by atoms with Crippen molar-refractivity contribution in [3.63, 3.8) is 0 Å². The Bertz CT molecular complexity index is 512. The van der Waals surface area contributed by atoms with Gasteiger partial charge in [0.2, 0.25) is 5.91 Å². The first-order valence-corrected chi connectivity index (χ1v) is 6.54. The molecule has 1 aliphatic carbocycles. The Labute approximate surface area is 113 Å². The summed E-state index contributed by atoms with van der Waals surface area (Å²) in [5, 5.41) is 2.86. The van der Waals surface area contributed by atoms with Gasteiger partial charge in [-0.3, -0.25) is 4.79 Å². The van der Waals surface area contributed by atoms with Crippen LogP contribution in [0.3, 0.4) is 0 Å². The van der Waals surface area contributed by atoms with Crippen LogP contribution in [0.2, 0.25) is 0 Å². The molecule has 19 heavy (non-hydrogen) atoms. The lowest BCUT2D eigenvalue weighted by atomic mass is 10.1. The molecule has 0 heterocycles. The third-order valence-electron chi connectivity index (χ3n) is 3.82. The fraction of sp³-hybridized carbons (Fsp3) is 0.438. The van der Waals surface area contributed by atoms with Crippen LogP contribution < -0.4 is 5.32 Å². The number of carbonyl (C=O) groups is 1. The van der Waals surface area contributed by atoms with Crippen molar-refractivity contribution in [3.05, 3.63) is 41.7 Å². The van der Waals surface area contributed by atoms with Gasteiger partial charge in [0.25, 0.3) is 0 Å². The topological polar surface area (TPSA) is 29.1 Å². The monoisotopic (exact) mass is 261 g/mol. The van der Waals surface area contributed by atoms with Crippen molar-refractivity contribution in [2.75, 3.05) is 5.32 Å². The normalized spacial score (nSPS) is 23.6. The van der Waals surface area contributed by atoms with Gasteiger partial charge in [-0.25, -0.2) is 4.39 Å². The van der Waals surface area contributed by atoms with Crippen LogP contribution in [0.25, 0.3) is 0 Å². The smallest absolute Gasteiger partial charge is 0.228 e. The molecule has 1 N–H and O–H groups in total. The first kappa shape index (κ1) is 13.8. The van der Waals surface area contributed by atoms with Crippen molar-refractivity contribution >= 4 is 11.6 Å². The van der Waals surface area contributed by atoms with Crippen LogP contribution in [0.15, 0.2) is 35.9 Å². The van der Waals surface area contributed by atoms with Gasteiger partial charge in [0.1, 0.15) is 5.82 Å². The zero-order valence-electron chi connectivity index (χ0n) is 11.8. The molecule has 1 saturated carbocycles. The summed E-state index contributed by atoms with van der Waals surface area (Å²) in [6.45, 7) is 8.30. The van der Waals surface area contributed by atoms with Crippen LogP contribution in [-0.4, -0.2) is 5.91 Å². The van der Waals surface area contributed by atoms with Gasteiger partial charge >= 0.3 is 0 Å². The molecule has 1 fully saturated rings. The van der Waals surface area contributed by atoms with Crippen molar-refractivity contribution in [1.29, 1.82) is 0 Å². The number of anilines is 1. The number of benzene rings is 1. The predicted octanol–water partition coefficient (Wildman–Crippen LogP) is 4.00. The average Bonchev–Trinajstić information content (AvgIpc) is 2.83. The molecule has 0 spiro atoms. The Kier molecular flexibility index (Phi) is 3.48. The lowest BCUT2D eigenvalue weighted by Crippen LogP contribution is -2.16. The second kappa shape index (κ2) is 4.80. The number of allylic oxidation sites excluding steroid dienone is 2. The fourth-order valence-corrected chi connectivity index (χ4v) is 2.60. The van der Waals surface area contributed by atoms with Crippen LogP contribution in [0.1, 0.15) is 27.7 Å². The second-order valence-electron chi connectivity index (χ2n) is 6.06. The van der Waals surface area contributed by atoms with E-state index in [4.69, 9.17) is 0 Å². The number of halogens is 1. The van der Waals surface area contributed by atoms with E-state index in [1.54, 1.807) is 12.1 Å². The molecule has 1 amide bonds. The van der Waals surface area contributed by atoms with Gasteiger partial charge in [-0.15, -0.1) is 0 Å². The summed E-state index contributed by atoms with van der Waals surface area (Å²) in [6.07, 6.45) is 2.16. The van der Waals surface area contributed by atoms with E-state index in [-0.39, 0.29) is 29.0 Å². The van der Waals surface area contributed by atoms with E-state index in [1.807, 2.05) is 13.8 Å². The molecular weight excluding hydrogens is 241 g/mol. The molecule has 1 aromatic rings. The highest BCUT2D eigenvalue weighted by Crippen LogP contribution is 2.59. The van der Waals surface area contributed by atoms with Crippen LogP contribution in [0, 0.1) is 23.1 Å². The SMILES string of the molecule is CC(C)=C[C@@H]1[C@H](C(=O)Nc2ccc(F)cc2)C1(C)C. The molecule has 2 atom stereocenters. The van der Waals surface area contributed by atoms with Crippen LogP contribution >= 0.6 is 0 Å². The summed E-state index contributed by atoms with van der Waals surface area (Å²) < 4.78 is 12.8. The summed E-state index contributed by atoms with van der Waals surface area (Å²) in [5.41, 5.74) is 1.88. The maximum atomic E-state index is 12.8. The highest BCUT2D eigenvalue weighted by atomic mass is 19.1. The summed E-state index contributed by atoms with van der Waals surface area (Å²) in [4.78, 5) is 12.2. The minimum Gasteiger partial charge on any atom is -0.326 e. The Morgan fingerprint density at radius 1 is 1.26 bits per heavy atom. The van der Waals surface area contributed by atoms with Crippen LogP contribution in [-0.2, 0) is 4.79 Å².